The van der Waals surface area contributed by atoms with Crippen molar-refractivity contribution in [2.75, 3.05) is 5.32 Å². The minimum Gasteiger partial charge on any atom is -0.508 e. The fourth-order valence-corrected chi connectivity index (χ4v) is 2.01. The monoisotopic (exact) mass is 312 g/mol. The number of hydrogen-bond donors (Lipinski definition) is 3. The minimum atomic E-state index is -0.370. The molecular weight excluding hydrogens is 299 g/mol. The highest BCUT2D eigenvalue weighted by molar-refractivity contribution is 5.53. The van der Waals surface area contributed by atoms with E-state index in [1.807, 2.05) is 0 Å². The molecule has 0 aliphatic heterocycles. The van der Waals surface area contributed by atoms with E-state index in [1.54, 1.807) is 24.3 Å². The molecule has 0 spiro atoms. The fraction of sp³-hybridized carbons (Fsp3) is 0.0625. The third kappa shape index (κ3) is 3.70. The molecule has 3 N–H and O–H groups in total. The van der Waals surface area contributed by atoms with Crippen LogP contribution in [0.5, 0.6) is 5.75 Å². The molecule has 6 nitrogen and oxygen atoms in total. The van der Waals surface area contributed by atoms with Crippen molar-refractivity contribution in [1.29, 1.82) is 0 Å². The molecule has 0 atom stereocenters. The Hall–Kier alpha value is -3.22. The highest BCUT2D eigenvalue weighted by atomic mass is 19.1. The Labute approximate surface area is 130 Å². The lowest BCUT2D eigenvalue weighted by molar-refractivity contribution is 0.475. The van der Waals surface area contributed by atoms with Crippen LogP contribution in [0.4, 0.5) is 16.0 Å². The van der Waals surface area contributed by atoms with Gasteiger partial charge in [-0.3, -0.25) is 9.78 Å². The van der Waals surface area contributed by atoms with Gasteiger partial charge in [0, 0.05) is 12.1 Å². The van der Waals surface area contributed by atoms with Crippen LogP contribution in [0.1, 0.15) is 11.3 Å². The zero-order chi connectivity index (χ0) is 16.2. The van der Waals surface area contributed by atoms with Crippen LogP contribution in [0.25, 0.3) is 0 Å². The van der Waals surface area contributed by atoms with E-state index in [-0.39, 0.29) is 35.2 Å². The summed E-state index contributed by atoms with van der Waals surface area (Å²) in [5.74, 6) is 0.00973. The van der Waals surface area contributed by atoms with Crippen molar-refractivity contribution >= 4 is 11.6 Å². The van der Waals surface area contributed by atoms with Gasteiger partial charge in [-0.1, -0.05) is 12.1 Å². The summed E-state index contributed by atoms with van der Waals surface area (Å²) in [4.78, 5) is 14.6. The van der Waals surface area contributed by atoms with Crippen LogP contribution in [0, 0.1) is 5.82 Å². The smallest absolute Gasteiger partial charge is 0.274 e. The van der Waals surface area contributed by atoms with Crippen LogP contribution in [0.15, 0.2) is 53.3 Å². The Morgan fingerprint density at radius 3 is 2.39 bits per heavy atom. The zero-order valence-electron chi connectivity index (χ0n) is 12.0. The summed E-state index contributed by atoms with van der Waals surface area (Å²) in [6, 6.07) is 12.2. The summed E-state index contributed by atoms with van der Waals surface area (Å²) in [7, 11) is 0. The predicted octanol–water partition coefficient (Wildman–Crippen LogP) is 2.34. The molecule has 0 bridgehead atoms. The lowest BCUT2D eigenvalue weighted by atomic mass is 10.1. The van der Waals surface area contributed by atoms with E-state index in [0.717, 1.165) is 5.56 Å². The van der Waals surface area contributed by atoms with Crippen molar-refractivity contribution in [3.8, 4) is 5.75 Å². The Morgan fingerprint density at radius 1 is 1.04 bits per heavy atom. The summed E-state index contributed by atoms with van der Waals surface area (Å²) in [6.45, 7) is 0. The number of phenols is 1. The van der Waals surface area contributed by atoms with Gasteiger partial charge in [0.15, 0.2) is 0 Å². The van der Waals surface area contributed by atoms with E-state index in [0.29, 0.717) is 5.69 Å². The van der Waals surface area contributed by atoms with Crippen LogP contribution in [-0.4, -0.2) is 20.3 Å². The first kappa shape index (κ1) is 14.7. The lowest BCUT2D eigenvalue weighted by Crippen LogP contribution is -2.18. The second kappa shape index (κ2) is 6.27. The van der Waals surface area contributed by atoms with E-state index in [2.05, 4.69) is 20.5 Å². The van der Waals surface area contributed by atoms with Gasteiger partial charge in [-0.05, 0) is 42.0 Å². The molecule has 0 radical (unpaired) electrons. The quantitative estimate of drug-likeness (QED) is 0.643. The number of halogens is 1. The number of aromatic amines is 1. The highest BCUT2D eigenvalue weighted by Crippen LogP contribution is 2.16. The van der Waals surface area contributed by atoms with Crippen LogP contribution in [-0.2, 0) is 6.42 Å². The van der Waals surface area contributed by atoms with Gasteiger partial charge in [-0.2, -0.15) is 0 Å². The maximum atomic E-state index is 12.9. The summed E-state index contributed by atoms with van der Waals surface area (Å²) >= 11 is 0. The molecule has 1 aromatic heterocycles. The van der Waals surface area contributed by atoms with E-state index < -0.39 is 0 Å². The van der Waals surface area contributed by atoms with E-state index >= 15 is 0 Å². The Kier molecular flexibility index (Phi) is 4.01. The molecule has 0 aliphatic carbocycles. The molecule has 7 heteroatoms. The minimum absolute atomic E-state index is 0.143. The van der Waals surface area contributed by atoms with E-state index in [4.69, 9.17) is 0 Å². The van der Waals surface area contributed by atoms with Crippen molar-refractivity contribution in [3.05, 3.63) is 76.0 Å². The topological polar surface area (TPSA) is 90.9 Å². The molecule has 116 valence electrons. The Balaban J connectivity index is 1.76. The molecule has 0 aliphatic rings. The third-order valence-electron chi connectivity index (χ3n) is 3.18. The number of anilines is 2. The van der Waals surface area contributed by atoms with Crippen molar-refractivity contribution in [1.82, 2.24) is 15.2 Å². The number of nitrogens with one attached hydrogen (secondary N) is 2. The molecule has 0 amide bonds. The first-order valence-electron chi connectivity index (χ1n) is 6.86. The first-order valence-corrected chi connectivity index (χ1v) is 6.86. The maximum absolute atomic E-state index is 12.9. The number of benzene rings is 2. The second-order valence-corrected chi connectivity index (χ2v) is 4.92. The van der Waals surface area contributed by atoms with Gasteiger partial charge in [0.2, 0.25) is 5.95 Å². The van der Waals surface area contributed by atoms with Gasteiger partial charge in [-0.25, -0.2) is 4.39 Å². The molecule has 0 saturated heterocycles. The second-order valence-electron chi connectivity index (χ2n) is 4.92. The van der Waals surface area contributed by atoms with Crippen LogP contribution in [0.3, 0.4) is 0 Å². The average molecular weight is 312 g/mol. The number of phenolic OH excluding ortho intramolecular Hbond substituents is 1. The normalized spacial score (nSPS) is 10.5. The van der Waals surface area contributed by atoms with Gasteiger partial charge in [-0.15, -0.1) is 10.2 Å². The zero-order valence-corrected chi connectivity index (χ0v) is 12.0. The third-order valence-corrected chi connectivity index (χ3v) is 3.18. The summed E-state index contributed by atoms with van der Waals surface area (Å²) in [5, 5.41) is 19.9. The predicted molar refractivity (Wildman–Crippen MR) is 83.2 cm³/mol. The lowest BCUT2D eigenvalue weighted by Gasteiger charge is -2.05. The first-order chi connectivity index (χ1) is 11.1. The van der Waals surface area contributed by atoms with Gasteiger partial charge in [0.1, 0.15) is 17.3 Å². The fourth-order valence-electron chi connectivity index (χ4n) is 2.01. The molecule has 23 heavy (non-hydrogen) atoms. The van der Waals surface area contributed by atoms with Crippen molar-refractivity contribution in [2.45, 2.75) is 6.42 Å². The molecule has 1 heterocycles. The highest BCUT2D eigenvalue weighted by Gasteiger charge is 2.06. The van der Waals surface area contributed by atoms with Gasteiger partial charge < -0.3 is 10.4 Å². The van der Waals surface area contributed by atoms with Crippen LogP contribution < -0.4 is 10.9 Å². The SMILES string of the molecule is O=c1[nH]c(Nc2ccc(O)cc2)nnc1Cc1ccc(F)cc1. The molecule has 0 saturated carbocycles. The number of aromatic hydroxyl groups is 1. The Morgan fingerprint density at radius 2 is 1.74 bits per heavy atom. The van der Waals surface area contributed by atoms with Crippen molar-refractivity contribution in [3.63, 3.8) is 0 Å². The number of H-pyrrole nitrogens is 1. The van der Waals surface area contributed by atoms with Crippen LogP contribution in [0.2, 0.25) is 0 Å². The van der Waals surface area contributed by atoms with Gasteiger partial charge in [0.25, 0.3) is 5.56 Å². The summed E-state index contributed by atoms with van der Waals surface area (Å²) in [5.41, 5.74) is 1.29. The number of rotatable bonds is 4. The van der Waals surface area contributed by atoms with Crippen molar-refractivity contribution < 1.29 is 9.50 Å². The molecule has 3 aromatic rings. The molecule has 0 fully saturated rings. The van der Waals surface area contributed by atoms with Crippen molar-refractivity contribution in [2.24, 2.45) is 0 Å². The number of hydrogen-bond acceptors (Lipinski definition) is 5. The number of aromatic nitrogens is 3. The van der Waals surface area contributed by atoms with E-state index in [1.165, 1.54) is 24.3 Å². The van der Waals surface area contributed by atoms with Gasteiger partial charge >= 0.3 is 0 Å². The largest absolute Gasteiger partial charge is 0.508 e. The standard InChI is InChI=1S/C16H13FN4O2/c17-11-3-1-10(2-4-11)9-14-15(23)19-16(21-20-14)18-12-5-7-13(22)8-6-12/h1-8,22H,9H2,(H2,18,19,21,23). The number of nitrogens with zero attached hydrogens (tertiary/aromatic N) is 2. The molecule has 0 unspecified atom stereocenters. The Bertz CT molecular complexity index is 860. The van der Waals surface area contributed by atoms with Crippen LogP contribution >= 0.6 is 0 Å². The average Bonchev–Trinajstić information content (AvgIpc) is 2.54. The maximum Gasteiger partial charge on any atom is 0.274 e. The van der Waals surface area contributed by atoms with E-state index in [9.17, 15) is 14.3 Å². The summed E-state index contributed by atoms with van der Waals surface area (Å²) in [6.07, 6.45) is 0.266. The van der Waals surface area contributed by atoms with Gasteiger partial charge in [0.05, 0.1) is 0 Å². The molecular formula is C16H13FN4O2. The molecule has 3 rings (SSSR count). The molecule has 2 aromatic carbocycles. The summed E-state index contributed by atoms with van der Waals surface area (Å²) < 4.78 is 12.9.